The van der Waals surface area contributed by atoms with Gasteiger partial charge in [-0.3, -0.25) is 10.1 Å². The summed E-state index contributed by atoms with van der Waals surface area (Å²) < 4.78 is 12.0. The summed E-state index contributed by atoms with van der Waals surface area (Å²) in [5, 5.41) is 4.61. The second-order valence-electron chi connectivity index (χ2n) is 5.78. The quantitative estimate of drug-likeness (QED) is 0.577. The Balaban J connectivity index is 1.84. The van der Waals surface area contributed by atoms with E-state index >= 15 is 0 Å². The van der Waals surface area contributed by atoms with Crippen LogP contribution in [0.15, 0.2) is 46.6 Å². The van der Waals surface area contributed by atoms with E-state index in [1.54, 1.807) is 25.3 Å². The lowest BCUT2D eigenvalue weighted by Crippen LogP contribution is -2.22. The van der Waals surface area contributed by atoms with Crippen molar-refractivity contribution in [2.45, 2.75) is 13.5 Å². The number of halogens is 1. The average molecular weight is 417 g/mol. The van der Waals surface area contributed by atoms with Crippen LogP contribution in [-0.4, -0.2) is 19.0 Å². The highest BCUT2D eigenvalue weighted by atomic mass is 79.9. The molecule has 2 aromatic carbocycles. The number of hydrogen-bond donors (Lipinski definition) is 2. The molecule has 0 unspecified atom stereocenters. The predicted octanol–water partition coefficient (Wildman–Crippen LogP) is 3.53. The maximum atomic E-state index is 11.7. The van der Waals surface area contributed by atoms with Gasteiger partial charge in [-0.1, -0.05) is 29.8 Å². The summed E-state index contributed by atoms with van der Waals surface area (Å²) in [4.78, 5) is 22.9. The van der Waals surface area contributed by atoms with Gasteiger partial charge in [0.15, 0.2) is 11.5 Å². The van der Waals surface area contributed by atoms with Crippen LogP contribution >= 0.6 is 15.9 Å². The fourth-order valence-corrected chi connectivity index (χ4v) is 3.14. The third-order valence-electron chi connectivity index (χ3n) is 3.75. The second-order valence-corrected chi connectivity index (χ2v) is 6.63. The fraction of sp³-hybridized carbons (Fsp3) is 0.158. The van der Waals surface area contributed by atoms with Crippen molar-refractivity contribution >= 4 is 33.9 Å². The zero-order valence-electron chi connectivity index (χ0n) is 14.3. The third kappa shape index (κ3) is 4.05. The molecule has 0 aliphatic carbocycles. The van der Waals surface area contributed by atoms with E-state index in [-0.39, 0.29) is 5.70 Å². The van der Waals surface area contributed by atoms with Crippen LogP contribution in [0.1, 0.15) is 16.7 Å². The van der Waals surface area contributed by atoms with Crippen molar-refractivity contribution in [3.05, 3.63) is 63.3 Å². The minimum atomic E-state index is -0.537. The van der Waals surface area contributed by atoms with Crippen molar-refractivity contribution < 1.29 is 19.1 Å². The molecule has 3 rings (SSSR count). The summed E-state index contributed by atoms with van der Waals surface area (Å²) in [6, 6.07) is 11.1. The highest BCUT2D eigenvalue weighted by Gasteiger charge is 2.23. The van der Waals surface area contributed by atoms with Gasteiger partial charge in [0.2, 0.25) is 0 Å². The van der Waals surface area contributed by atoms with Gasteiger partial charge in [-0.05, 0) is 52.2 Å². The Morgan fingerprint density at radius 3 is 2.62 bits per heavy atom. The molecule has 0 aromatic heterocycles. The number of carbonyl (C=O) groups excluding carboxylic acids is 2. The van der Waals surface area contributed by atoms with Crippen LogP contribution < -0.4 is 20.1 Å². The van der Waals surface area contributed by atoms with Crippen LogP contribution in [0.5, 0.6) is 11.5 Å². The van der Waals surface area contributed by atoms with Crippen LogP contribution in [0.4, 0.5) is 4.79 Å². The monoisotopic (exact) mass is 416 g/mol. The number of nitrogens with one attached hydrogen (secondary N) is 2. The molecule has 0 radical (unpaired) electrons. The number of hydrogen-bond acceptors (Lipinski definition) is 4. The number of urea groups is 1. The van der Waals surface area contributed by atoms with Crippen molar-refractivity contribution in [2.24, 2.45) is 0 Å². The number of imide groups is 1. The van der Waals surface area contributed by atoms with Crippen LogP contribution in [0.3, 0.4) is 0 Å². The van der Waals surface area contributed by atoms with E-state index in [1.165, 1.54) is 0 Å². The molecule has 1 saturated heterocycles. The van der Waals surface area contributed by atoms with Gasteiger partial charge in [0.1, 0.15) is 12.3 Å². The first-order chi connectivity index (χ1) is 12.5. The lowest BCUT2D eigenvalue weighted by atomic mass is 10.1. The smallest absolute Gasteiger partial charge is 0.326 e. The maximum absolute atomic E-state index is 11.7. The Morgan fingerprint density at radius 1 is 1.15 bits per heavy atom. The molecule has 6 nitrogen and oxygen atoms in total. The first-order valence-electron chi connectivity index (χ1n) is 7.86. The van der Waals surface area contributed by atoms with Crippen LogP contribution in [0.2, 0.25) is 0 Å². The predicted molar refractivity (Wildman–Crippen MR) is 101 cm³/mol. The number of ether oxygens (including phenoxy) is 2. The molecule has 3 amide bonds. The number of benzene rings is 2. The first kappa shape index (κ1) is 18.0. The minimum Gasteiger partial charge on any atom is -0.493 e. The van der Waals surface area contributed by atoms with E-state index in [2.05, 4.69) is 32.6 Å². The van der Waals surface area contributed by atoms with Gasteiger partial charge in [0, 0.05) is 0 Å². The summed E-state index contributed by atoms with van der Waals surface area (Å²) in [5.74, 6) is 0.615. The molecule has 0 spiro atoms. The van der Waals surface area contributed by atoms with Crippen molar-refractivity contribution in [3.63, 3.8) is 0 Å². The van der Waals surface area contributed by atoms with Crippen molar-refractivity contribution in [1.82, 2.24) is 10.6 Å². The summed E-state index contributed by atoms with van der Waals surface area (Å²) >= 11 is 3.48. The second kappa shape index (κ2) is 7.61. The Morgan fingerprint density at radius 2 is 1.96 bits per heavy atom. The van der Waals surface area contributed by atoms with Gasteiger partial charge < -0.3 is 14.8 Å². The van der Waals surface area contributed by atoms with Crippen LogP contribution in [-0.2, 0) is 11.4 Å². The van der Waals surface area contributed by atoms with Crippen LogP contribution in [0, 0.1) is 6.92 Å². The Kier molecular flexibility index (Phi) is 5.27. The highest BCUT2D eigenvalue weighted by molar-refractivity contribution is 9.10. The Labute approximate surface area is 159 Å². The van der Waals surface area contributed by atoms with Gasteiger partial charge in [-0.15, -0.1) is 0 Å². The zero-order valence-corrected chi connectivity index (χ0v) is 15.8. The fourth-order valence-electron chi connectivity index (χ4n) is 2.57. The zero-order chi connectivity index (χ0) is 18.7. The molecule has 1 aliphatic heterocycles. The van der Waals surface area contributed by atoms with E-state index in [1.807, 2.05) is 25.1 Å². The number of methoxy groups -OCH3 is 1. The number of rotatable bonds is 5. The van der Waals surface area contributed by atoms with Gasteiger partial charge in [0.05, 0.1) is 11.6 Å². The topological polar surface area (TPSA) is 76.7 Å². The molecular formula is C19H17BrN2O4. The molecule has 1 heterocycles. The summed E-state index contributed by atoms with van der Waals surface area (Å²) in [6.45, 7) is 2.43. The summed E-state index contributed by atoms with van der Waals surface area (Å²) in [7, 11) is 1.54. The molecule has 134 valence electrons. The normalized spacial score (nSPS) is 15.0. The number of aryl methyl sites for hydroxylation is 1. The van der Waals surface area contributed by atoms with Crippen LogP contribution in [0.25, 0.3) is 6.08 Å². The summed E-state index contributed by atoms with van der Waals surface area (Å²) in [6.07, 6.45) is 1.57. The number of carbonyl (C=O) groups is 2. The molecule has 1 aliphatic rings. The van der Waals surface area contributed by atoms with Gasteiger partial charge >= 0.3 is 6.03 Å². The average Bonchev–Trinajstić information content (AvgIpc) is 2.90. The highest BCUT2D eigenvalue weighted by Crippen LogP contribution is 2.37. The Bertz CT molecular complexity index is 908. The maximum Gasteiger partial charge on any atom is 0.326 e. The molecule has 0 bridgehead atoms. The Hall–Kier alpha value is -2.80. The largest absolute Gasteiger partial charge is 0.493 e. The van der Waals surface area contributed by atoms with Crippen molar-refractivity contribution in [1.29, 1.82) is 0 Å². The van der Waals surface area contributed by atoms with E-state index in [0.29, 0.717) is 28.1 Å². The number of amides is 3. The minimum absolute atomic E-state index is 0.178. The molecule has 0 atom stereocenters. The van der Waals surface area contributed by atoms with Gasteiger partial charge in [-0.25, -0.2) is 4.79 Å². The molecule has 26 heavy (non-hydrogen) atoms. The van der Waals surface area contributed by atoms with E-state index in [0.717, 1.165) is 11.1 Å². The standard InChI is InChI=1S/C19H17BrN2O4/c1-11-4-3-5-12(6-11)10-26-17-14(20)7-13(9-16(17)25-2)8-15-18(23)22-19(24)21-15/h3-9H,10H2,1-2H3,(H2,21,22,23,24)/b15-8+. The van der Waals surface area contributed by atoms with Crippen molar-refractivity contribution in [3.8, 4) is 11.5 Å². The molecule has 1 fully saturated rings. The SMILES string of the molecule is COc1cc(/C=C2/NC(=O)NC2=O)cc(Br)c1OCc1cccc(C)c1. The lowest BCUT2D eigenvalue weighted by molar-refractivity contribution is -0.115. The summed E-state index contributed by atoms with van der Waals surface area (Å²) in [5.41, 5.74) is 3.08. The van der Waals surface area contributed by atoms with E-state index in [4.69, 9.17) is 9.47 Å². The van der Waals surface area contributed by atoms with Crippen molar-refractivity contribution in [2.75, 3.05) is 7.11 Å². The molecule has 0 saturated carbocycles. The lowest BCUT2D eigenvalue weighted by Gasteiger charge is -2.14. The molecular weight excluding hydrogens is 400 g/mol. The third-order valence-corrected chi connectivity index (χ3v) is 4.34. The van der Waals surface area contributed by atoms with E-state index < -0.39 is 11.9 Å². The molecule has 2 aromatic rings. The molecule has 7 heteroatoms. The first-order valence-corrected chi connectivity index (χ1v) is 8.65. The van der Waals surface area contributed by atoms with Gasteiger partial charge in [-0.2, -0.15) is 0 Å². The van der Waals surface area contributed by atoms with E-state index in [9.17, 15) is 9.59 Å². The van der Waals surface area contributed by atoms with Gasteiger partial charge in [0.25, 0.3) is 5.91 Å². The molecule has 2 N–H and O–H groups in total.